The first-order chi connectivity index (χ1) is 17.7. The summed E-state index contributed by atoms with van der Waals surface area (Å²) < 4.78 is 7.68. The summed E-state index contributed by atoms with van der Waals surface area (Å²) in [5, 5.41) is 28.5. The largest absolute Gasteiger partial charge is 0.439 e. The Morgan fingerprint density at radius 3 is 2.70 bits per heavy atom. The van der Waals surface area contributed by atoms with E-state index in [-0.39, 0.29) is 0 Å². The second-order valence-corrected chi connectivity index (χ2v) is 9.51. The van der Waals surface area contributed by atoms with Crippen LogP contribution in [-0.4, -0.2) is 51.9 Å². The summed E-state index contributed by atoms with van der Waals surface area (Å²) in [6, 6.07) is 13.2. The summed E-state index contributed by atoms with van der Waals surface area (Å²) in [5.41, 5.74) is 3.09. The molecule has 3 aromatic heterocycles. The van der Waals surface area contributed by atoms with Gasteiger partial charge in [-0.3, -0.25) is 4.40 Å². The van der Waals surface area contributed by atoms with Crippen molar-refractivity contribution in [1.82, 2.24) is 34.9 Å². The summed E-state index contributed by atoms with van der Waals surface area (Å²) in [5.74, 6) is 1.75. The molecule has 0 amide bonds. The number of ether oxygens (including phenoxy) is 1. The molecule has 0 aliphatic rings. The Morgan fingerprint density at radius 1 is 1.05 bits per heavy atom. The summed E-state index contributed by atoms with van der Waals surface area (Å²) in [6.45, 7) is 5.70. The molecule has 0 saturated heterocycles. The molecule has 12 heteroatoms. The minimum atomic E-state index is -0.875. The molecule has 0 unspecified atom stereocenters. The molecule has 0 radical (unpaired) electrons. The van der Waals surface area contributed by atoms with Crippen molar-refractivity contribution in [2.75, 3.05) is 17.2 Å². The predicted molar refractivity (Wildman–Crippen MR) is 145 cm³/mol. The van der Waals surface area contributed by atoms with Crippen LogP contribution in [0.2, 0.25) is 0 Å². The van der Waals surface area contributed by atoms with E-state index in [1.807, 2.05) is 43.3 Å². The molecule has 0 aliphatic heterocycles. The standard InChI is InChI=1S/C25H25N9O2S/c1-15-8-16(5-7-20(15)36-22-10-21-33-30-14-34(21)13-29-22)31-23-18-9-17(4-6-19(18)27-12-28-23)32-24(37)26-11-25(2,3)35/h4-10,12-14,35H,11H2,1-3H3,(H2,26,32,37)(H,27,28,31). The molecule has 0 atom stereocenters. The molecule has 4 N–H and O–H groups in total. The third kappa shape index (κ3) is 5.88. The molecule has 3 heterocycles. The molecule has 5 rings (SSSR count). The Bertz CT molecular complexity index is 1600. The van der Waals surface area contributed by atoms with Gasteiger partial charge in [0.15, 0.2) is 10.8 Å². The lowest BCUT2D eigenvalue weighted by molar-refractivity contribution is 0.0851. The number of thiocarbonyl (C=S) groups is 1. The molecule has 11 nitrogen and oxygen atoms in total. The predicted octanol–water partition coefficient (Wildman–Crippen LogP) is 3.97. The fraction of sp³-hybridized carbons (Fsp3) is 0.200. The monoisotopic (exact) mass is 515 g/mol. The number of rotatable bonds is 7. The first-order valence-electron chi connectivity index (χ1n) is 11.5. The van der Waals surface area contributed by atoms with Crippen LogP contribution in [0, 0.1) is 6.92 Å². The van der Waals surface area contributed by atoms with Crippen LogP contribution >= 0.6 is 12.2 Å². The fourth-order valence-corrected chi connectivity index (χ4v) is 3.75. The number of hydrogen-bond acceptors (Lipinski definition) is 9. The Hall–Kier alpha value is -4.42. The van der Waals surface area contributed by atoms with Crippen LogP contribution in [0.1, 0.15) is 19.4 Å². The van der Waals surface area contributed by atoms with Gasteiger partial charge in [0.05, 0.1) is 11.1 Å². The maximum absolute atomic E-state index is 9.90. The first kappa shape index (κ1) is 24.3. The van der Waals surface area contributed by atoms with Gasteiger partial charge in [0, 0.05) is 29.4 Å². The number of benzene rings is 2. The average molecular weight is 516 g/mol. The van der Waals surface area contributed by atoms with E-state index in [4.69, 9.17) is 17.0 Å². The van der Waals surface area contributed by atoms with E-state index in [1.54, 1.807) is 37.0 Å². The Morgan fingerprint density at radius 2 is 1.89 bits per heavy atom. The van der Waals surface area contributed by atoms with Crippen molar-refractivity contribution in [2.45, 2.75) is 26.4 Å². The van der Waals surface area contributed by atoms with Gasteiger partial charge in [0.2, 0.25) is 5.88 Å². The van der Waals surface area contributed by atoms with Crippen LogP contribution in [0.3, 0.4) is 0 Å². The third-order valence-corrected chi connectivity index (χ3v) is 5.64. The number of nitrogens with one attached hydrogen (secondary N) is 3. The van der Waals surface area contributed by atoms with Crippen LogP contribution < -0.4 is 20.7 Å². The highest BCUT2D eigenvalue weighted by Gasteiger charge is 2.13. The van der Waals surface area contributed by atoms with Gasteiger partial charge in [-0.25, -0.2) is 15.0 Å². The minimum Gasteiger partial charge on any atom is -0.439 e. The molecular formula is C25H25N9O2S. The second kappa shape index (κ2) is 9.91. The minimum absolute atomic E-state index is 0.326. The molecular weight excluding hydrogens is 490 g/mol. The Balaban J connectivity index is 1.33. The van der Waals surface area contributed by atoms with Crippen LogP contribution in [0.15, 0.2) is 61.4 Å². The highest BCUT2D eigenvalue weighted by molar-refractivity contribution is 7.80. The molecule has 0 aliphatic carbocycles. The number of aliphatic hydroxyl groups is 1. The van der Waals surface area contributed by atoms with Crippen LogP contribution in [-0.2, 0) is 0 Å². The zero-order valence-electron chi connectivity index (χ0n) is 20.4. The van der Waals surface area contributed by atoms with E-state index in [0.717, 1.165) is 27.8 Å². The van der Waals surface area contributed by atoms with Crippen molar-refractivity contribution >= 4 is 51.1 Å². The lowest BCUT2D eigenvalue weighted by Gasteiger charge is -2.19. The fourth-order valence-electron chi connectivity index (χ4n) is 3.56. The molecule has 0 fully saturated rings. The van der Waals surface area contributed by atoms with Gasteiger partial charge < -0.3 is 25.8 Å². The third-order valence-electron chi connectivity index (χ3n) is 5.39. The van der Waals surface area contributed by atoms with Gasteiger partial charge in [0.25, 0.3) is 0 Å². The summed E-state index contributed by atoms with van der Waals surface area (Å²) in [6.07, 6.45) is 4.70. The van der Waals surface area contributed by atoms with Crippen molar-refractivity contribution in [3.05, 3.63) is 67.0 Å². The Kier molecular flexibility index (Phi) is 6.51. The van der Waals surface area contributed by atoms with Gasteiger partial charge in [-0.15, -0.1) is 10.2 Å². The number of aromatic nitrogens is 6. The number of aryl methyl sites for hydroxylation is 1. The number of hydrogen-bond donors (Lipinski definition) is 4. The van der Waals surface area contributed by atoms with Gasteiger partial charge in [-0.1, -0.05) is 0 Å². The number of fused-ring (bicyclic) bond motifs is 2. The van der Waals surface area contributed by atoms with E-state index in [0.29, 0.717) is 34.8 Å². The zero-order chi connectivity index (χ0) is 26.0. The normalized spacial score (nSPS) is 11.5. The van der Waals surface area contributed by atoms with Crippen LogP contribution in [0.25, 0.3) is 16.6 Å². The van der Waals surface area contributed by atoms with Crippen molar-refractivity contribution in [3.63, 3.8) is 0 Å². The van der Waals surface area contributed by atoms with Crippen LogP contribution in [0.4, 0.5) is 17.2 Å². The van der Waals surface area contributed by atoms with Gasteiger partial charge >= 0.3 is 0 Å². The van der Waals surface area contributed by atoms with Gasteiger partial charge in [-0.2, -0.15) is 0 Å². The zero-order valence-corrected chi connectivity index (χ0v) is 21.2. The quantitative estimate of drug-likeness (QED) is 0.235. The summed E-state index contributed by atoms with van der Waals surface area (Å²) in [7, 11) is 0. The van der Waals surface area contributed by atoms with Crippen LogP contribution in [0.5, 0.6) is 11.6 Å². The van der Waals surface area contributed by atoms with E-state index in [9.17, 15) is 5.11 Å². The van der Waals surface area contributed by atoms with E-state index >= 15 is 0 Å². The SMILES string of the molecule is Cc1cc(Nc2ncnc3ccc(NC(=S)NCC(C)(C)O)cc23)ccc1Oc1cc2nncn2cn1. The maximum Gasteiger partial charge on any atom is 0.224 e. The van der Waals surface area contributed by atoms with Crippen molar-refractivity contribution in [3.8, 4) is 11.6 Å². The van der Waals surface area contributed by atoms with E-state index in [1.165, 1.54) is 6.33 Å². The topological polar surface area (TPSA) is 134 Å². The second-order valence-electron chi connectivity index (χ2n) is 9.11. The van der Waals surface area contributed by atoms with E-state index in [2.05, 4.69) is 41.1 Å². The Labute approximate surface area is 218 Å². The lowest BCUT2D eigenvalue weighted by Crippen LogP contribution is -2.40. The number of anilines is 3. The molecule has 188 valence electrons. The molecule has 5 aromatic rings. The molecule has 0 bridgehead atoms. The smallest absolute Gasteiger partial charge is 0.224 e. The number of nitrogens with zero attached hydrogens (tertiary/aromatic N) is 6. The summed E-state index contributed by atoms with van der Waals surface area (Å²) >= 11 is 5.35. The van der Waals surface area contributed by atoms with E-state index < -0.39 is 5.60 Å². The molecule has 0 spiro atoms. The first-order valence-corrected chi connectivity index (χ1v) is 11.9. The summed E-state index contributed by atoms with van der Waals surface area (Å²) in [4.78, 5) is 13.1. The highest BCUT2D eigenvalue weighted by Crippen LogP contribution is 2.30. The highest BCUT2D eigenvalue weighted by atomic mass is 32.1. The van der Waals surface area contributed by atoms with Crippen molar-refractivity contribution in [1.29, 1.82) is 0 Å². The van der Waals surface area contributed by atoms with Gasteiger partial charge in [-0.05, 0) is 75.0 Å². The average Bonchev–Trinajstić information content (AvgIpc) is 3.32. The van der Waals surface area contributed by atoms with Crippen molar-refractivity contribution in [2.24, 2.45) is 0 Å². The molecule has 0 saturated carbocycles. The maximum atomic E-state index is 9.90. The molecule has 37 heavy (non-hydrogen) atoms. The van der Waals surface area contributed by atoms with Gasteiger partial charge in [0.1, 0.15) is 30.5 Å². The van der Waals surface area contributed by atoms with Crippen molar-refractivity contribution < 1.29 is 9.84 Å². The molecule has 2 aromatic carbocycles. The lowest BCUT2D eigenvalue weighted by atomic mass is 10.1.